The Bertz CT molecular complexity index is 807. The van der Waals surface area contributed by atoms with Crippen LogP contribution in [0.15, 0.2) is 47.4 Å². The zero-order valence-electron chi connectivity index (χ0n) is 10.4. The van der Waals surface area contributed by atoms with Crippen molar-refractivity contribution in [2.45, 2.75) is 4.90 Å². The summed E-state index contributed by atoms with van der Waals surface area (Å²) in [5, 5.41) is 19.9. The maximum atomic E-state index is 13.2. The number of aromatic hydroxyl groups is 1. The Balaban J connectivity index is 2.43. The normalized spacial score (nSPS) is 11.1. The molecule has 0 heterocycles. The van der Waals surface area contributed by atoms with Crippen LogP contribution in [0.2, 0.25) is 0 Å². The molecule has 2 aromatic rings. The van der Waals surface area contributed by atoms with Crippen LogP contribution in [-0.2, 0) is 10.0 Å². The van der Waals surface area contributed by atoms with E-state index in [9.17, 15) is 22.9 Å². The molecule has 110 valence electrons. The van der Waals surface area contributed by atoms with E-state index >= 15 is 0 Å². The van der Waals surface area contributed by atoms with Crippen molar-refractivity contribution in [1.82, 2.24) is 0 Å². The van der Waals surface area contributed by atoms with Gasteiger partial charge in [-0.1, -0.05) is 12.1 Å². The van der Waals surface area contributed by atoms with Crippen molar-refractivity contribution in [3.05, 3.63) is 58.4 Å². The van der Waals surface area contributed by atoms with E-state index in [0.717, 1.165) is 30.3 Å². The molecule has 9 heteroatoms. The highest BCUT2D eigenvalue weighted by molar-refractivity contribution is 7.92. The van der Waals surface area contributed by atoms with Crippen LogP contribution in [0.1, 0.15) is 0 Å². The molecular weight excluding hydrogens is 303 g/mol. The Morgan fingerprint density at radius 2 is 1.86 bits per heavy atom. The van der Waals surface area contributed by atoms with Gasteiger partial charge in [0.25, 0.3) is 15.7 Å². The van der Waals surface area contributed by atoms with Crippen LogP contribution in [0.3, 0.4) is 0 Å². The average molecular weight is 312 g/mol. The van der Waals surface area contributed by atoms with Crippen molar-refractivity contribution < 1.29 is 22.8 Å². The monoisotopic (exact) mass is 312 g/mol. The molecule has 0 saturated carbocycles. The molecule has 2 rings (SSSR count). The number of nitrogens with one attached hydrogen (secondary N) is 1. The average Bonchev–Trinajstić information content (AvgIpc) is 2.42. The Morgan fingerprint density at radius 3 is 2.48 bits per heavy atom. The minimum atomic E-state index is -4.26. The van der Waals surface area contributed by atoms with Gasteiger partial charge in [-0.05, 0) is 18.2 Å². The van der Waals surface area contributed by atoms with E-state index in [1.165, 1.54) is 12.1 Å². The number of sulfonamides is 1. The lowest BCUT2D eigenvalue weighted by molar-refractivity contribution is -0.387. The molecule has 0 aliphatic carbocycles. The third-order valence-electron chi connectivity index (χ3n) is 2.55. The van der Waals surface area contributed by atoms with Gasteiger partial charge in [0.05, 0.1) is 10.6 Å². The Morgan fingerprint density at radius 1 is 1.19 bits per heavy atom. The van der Waals surface area contributed by atoms with Crippen molar-refractivity contribution in [2.24, 2.45) is 0 Å². The third kappa shape index (κ3) is 3.08. The fourth-order valence-electron chi connectivity index (χ4n) is 1.62. The van der Waals surface area contributed by atoms with Crippen molar-refractivity contribution >= 4 is 21.4 Å². The van der Waals surface area contributed by atoms with Crippen LogP contribution < -0.4 is 4.72 Å². The first kappa shape index (κ1) is 14.7. The number of nitro groups is 1. The molecule has 21 heavy (non-hydrogen) atoms. The van der Waals surface area contributed by atoms with E-state index < -0.39 is 37.1 Å². The van der Waals surface area contributed by atoms with Gasteiger partial charge in [-0.25, -0.2) is 12.8 Å². The topological polar surface area (TPSA) is 110 Å². The SMILES string of the molecule is O=[N+]([O-])c1ccccc1S(=O)(=O)Nc1ccc(O)c(F)c1. The maximum absolute atomic E-state index is 13.2. The molecule has 0 fully saturated rings. The van der Waals surface area contributed by atoms with E-state index in [1.54, 1.807) is 0 Å². The van der Waals surface area contributed by atoms with E-state index in [4.69, 9.17) is 5.11 Å². The highest BCUT2D eigenvalue weighted by Gasteiger charge is 2.25. The van der Waals surface area contributed by atoms with Crippen molar-refractivity contribution in [2.75, 3.05) is 4.72 Å². The first-order chi connectivity index (χ1) is 9.81. The lowest BCUT2D eigenvalue weighted by Gasteiger charge is -2.08. The molecule has 0 unspecified atom stereocenters. The number of hydrogen-bond donors (Lipinski definition) is 2. The molecular formula is C12H9FN2O5S. The number of rotatable bonds is 4. The number of para-hydroxylation sites is 1. The number of phenols is 1. The minimum absolute atomic E-state index is 0.163. The van der Waals surface area contributed by atoms with Gasteiger partial charge in [-0.15, -0.1) is 0 Å². The summed E-state index contributed by atoms with van der Waals surface area (Å²) in [7, 11) is -4.26. The summed E-state index contributed by atoms with van der Waals surface area (Å²) in [5.41, 5.74) is -0.757. The molecule has 0 amide bonds. The molecule has 2 aromatic carbocycles. The third-order valence-corrected chi connectivity index (χ3v) is 3.98. The van der Waals surface area contributed by atoms with Gasteiger partial charge in [0.1, 0.15) is 0 Å². The second-order valence-corrected chi connectivity index (χ2v) is 5.65. The second-order valence-electron chi connectivity index (χ2n) is 4.00. The summed E-state index contributed by atoms with van der Waals surface area (Å²) in [6.07, 6.45) is 0. The number of phenolic OH excluding ortho intramolecular Hbond substituents is 1. The van der Waals surface area contributed by atoms with E-state index in [2.05, 4.69) is 0 Å². The van der Waals surface area contributed by atoms with Gasteiger partial charge >= 0.3 is 0 Å². The van der Waals surface area contributed by atoms with Gasteiger partial charge in [-0.3, -0.25) is 14.8 Å². The predicted molar refractivity (Wildman–Crippen MR) is 72.0 cm³/mol. The molecule has 0 aliphatic rings. The number of nitrogens with zero attached hydrogens (tertiary/aromatic N) is 1. The Kier molecular flexibility index (Phi) is 3.76. The molecule has 0 bridgehead atoms. The summed E-state index contributed by atoms with van der Waals surface area (Å²) in [4.78, 5) is 9.47. The fraction of sp³-hybridized carbons (Fsp3) is 0. The van der Waals surface area contributed by atoms with Crippen molar-refractivity contribution in [3.63, 3.8) is 0 Å². The van der Waals surface area contributed by atoms with E-state index in [1.807, 2.05) is 4.72 Å². The first-order valence-electron chi connectivity index (χ1n) is 5.56. The van der Waals surface area contributed by atoms with Crippen molar-refractivity contribution in [1.29, 1.82) is 0 Å². The highest BCUT2D eigenvalue weighted by Crippen LogP contribution is 2.26. The van der Waals surface area contributed by atoms with Gasteiger partial charge in [0.2, 0.25) is 0 Å². The number of nitro benzene ring substituents is 1. The zero-order valence-corrected chi connectivity index (χ0v) is 11.2. The minimum Gasteiger partial charge on any atom is -0.505 e. The molecule has 0 spiro atoms. The maximum Gasteiger partial charge on any atom is 0.289 e. The summed E-state index contributed by atoms with van der Waals surface area (Å²) in [6, 6.07) is 7.64. The second kappa shape index (κ2) is 5.37. The van der Waals surface area contributed by atoms with Crippen LogP contribution in [0.4, 0.5) is 15.8 Å². The smallest absolute Gasteiger partial charge is 0.289 e. The van der Waals surface area contributed by atoms with Gasteiger partial charge < -0.3 is 5.11 Å². The quantitative estimate of drug-likeness (QED) is 0.511. The molecule has 2 N–H and O–H groups in total. The van der Waals surface area contributed by atoms with Crippen LogP contribution in [-0.4, -0.2) is 18.4 Å². The number of hydrogen-bond acceptors (Lipinski definition) is 5. The van der Waals surface area contributed by atoms with Crippen LogP contribution in [0.25, 0.3) is 0 Å². The van der Waals surface area contributed by atoms with Crippen LogP contribution >= 0.6 is 0 Å². The summed E-state index contributed by atoms with van der Waals surface area (Å²) < 4.78 is 39.4. The molecule has 0 atom stereocenters. The van der Waals surface area contributed by atoms with Gasteiger partial charge in [0.15, 0.2) is 16.5 Å². The molecule has 0 aliphatic heterocycles. The van der Waals surface area contributed by atoms with Crippen LogP contribution in [0, 0.1) is 15.9 Å². The summed E-state index contributed by atoms with van der Waals surface area (Å²) in [5.74, 6) is -1.65. The predicted octanol–water partition coefficient (Wildman–Crippen LogP) is 2.24. The standard InChI is InChI=1S/C12H9FN2O5S/c13-9-7-8(5-6-11(9)16)14-21(19,20)12-4-2-1-3-10(12)15(17)18/h1-7,14,16H. The highest BCUT2D eigenvalue weighted by atomic mass is 32.2. The first-order valence-corrected chi connectivity index (χ1v) is 7.04. The number of benzene rings is 2. The number of halogens is 1. The lowest BCUT2D eigenvalue weighted by atomic mass is 10.3. The van der Waals surface area contributed by atoms with Crippen LogP contribution in [0.5, 0.6) is 5.75 Å². The molecule has 0 radical (unpaired) electrons. The summed E-state index contributed by atoms with van der Waals surface area (Å²) >= 11 is 0. The molecule has 7 nitrogen and oxygen atoms in total. The van der Waals surface area contributed by atoms with Crippen molar-refractivity contribution in [3.8, 4) is 5.75 Å². The van der Waals surface area contributed by atoms with Gasteiger partial charge in [0, 0.05) is 12.1 Å². The number of anilines is 1. The zero-order chi connectivity index (χ0) is 15.6. The lowest BCUT2D eigenvalue weighted by Crippen LogP contribution is -2.14. The van der Waals surface area contributed by atoms with Gasteiger partial charge in [-0.2, -0.15) is 0 Å². The van der Waals surface area contributed by atoms with E-state index in [0.29, 0.717) is 0 Å². The van der Waals surface area contributed by atoms with E-state index in [-0.39, 0.29) is 5.69 Å². The fourth-order valence-corrected chi connectivity index (χ4v) is 2.84. The largest absolute Gasteiger partial charge is 0.505 e. The summed E-state index contributed by atoms with van der Waals surface area (Å²) in [6.45, 7) is 0. The molecule has 0 aromatic heterocycles. The Labute approximate surface area is 118 Å². The molecule has 0 saturated heterocycles. The Hall–Kier alpha value is -2.68.